The number of sulfonamides is 1. The molecule has 0 aliphatic rings. The predicted molar refractivity (Wildman–Crippen MR) is 153 cm³/mol. The van der Waals surface area contributed by atoms with Gasteiger partial charge in [0.05, 0.1) is 0 Å². The molecule has 8 nitrogen and oxygen atoms in total. The number of rotatable bonds is 14. The van der Waals surface area contributed by atoms with Crippen LogP contribution in [0.15, 0.2) is 95.9 Å². The van der Waals surface area contributed by atoms with Gasteiger partial charge in [-0.05, 0) is 42.6 Å². The molecule has 3 rings (SSSR count). The molecule has 0 bridgehead atoms. The second-order valence-electron chi connectivity index (χ2n) is 10.1. The van der Waals surface area contributed by atoms with Crippen LogP contribution < -0.4 is 5.73 Å². The highest BCUT2D eigenvalue weighted by molar-refractivity contribution is 7.86. The molecule has 0 spiro atoms. The van der Waals surface area contributed by atoms with E-state index in [1.807, 2.05) is 50.2 Å². The first-order chi connectivity index (χ1) is 19.2. The van der Waals surface area contributed by atoms with E-state index < -0.39 is 32.0 Å². The highest BCUT2D eigenvalue weighted by atomic mass is 32.2. The van der Waals surface area contributed by atoms with Crippen LogP contribution in [0.5, 0.6) is 0 Å². The number of esters is 1. The molecule has 0 saturated heterocycles. The van der Waals surface area contributed by atoms with Crippen LogP contribution in [0.4, 0.5) is 4.79 Å². The number of quaternary nitrogens is 1. The standard InChI is InChI=1S/C31H39N2O6S/c1-25(2)22-33(40(36,37)28-18-10-5-11-19-28,31(35)39-24-27-16-8-4-9-17-27)29(20-12-13-21-32)30(34)38-23-26-14-6-3-7-15-26/h3-11,14-19,25,29H,12-13,20-24,32H2,1-2H3/q+1/t29-,33?/m0/s1. The molecule has 0 aromatic heterocycles. The molecule has 214 valence electrons. The normalized spacial score (nSPS) is 13.8. The van der Waals surface area contributed by atoms with Gasteiger partial charge in [0.1, 0.15) is 24.7 Å². The average molecular weight is 568 g/mol. The first kappa shape index (κ1) is 31.0. The lowest BCUT2D eigenvalue weighted by Gasteiger charge is -2.39. The molecule has 0 aliphatic carbocycles. The summed E-state index contributed by atoms with van der Waals surface area (Å²) in [6.45, 7) is 3.60. The minimum Gasteiger partial charge on any atom is -0.456 e. The molecule has 2 N–H and O–H groups in total. The summed E-state index contributed by atoms with van der Waals surface area (Å²) in [7, 11) is -4.49. The maximum atomic E-state index is 14.5. The molecule has 1 amide bonds. The van der Waals surface area contributed by atoms with E-state index in [1.165, 1.54) is 12.1 Å². The van der Waals surface area contributed by atoms with Gasteiger partial charge in [-0.1, -0.05) is 92.7 Å². The number of amides is 1. The Balaban J connectivity index is 2.13. The van der Waals surface area contributed by atoms with E-state index in [2.05, 4.69) is 0 Å². The number of carbonyl (C=O) groups is 2. The molecule has 1 unspecified atom stereocenters. The van der Waals surface area contributed by atoms with Crippen LogP contribution >= 0.6 is 0 Å². The zero-order valence-electron chi connectivity index (χ0n) is 23.1. The molecule has 3 aromatic rings. The quantitative estimate of drug-likeness (QED) is 0.157. The number of ether oxygens (including phenoxy) is 2. The first-order valence-corrected chi connectivity index (χ1v) is 15.0. The van der Waals surface area contributed by atoms with Crippen molar-refractivity contribution in [2.45, 2.75) is 57.3 Å². The summed E-state index contributed by atoms with van der Waals surface area (Å²) >= 11 is 0. The predicted octanol–water partition coefficient (Wildman–Crippen LogP) is 5.43. The van der Waals surface area contributed by atoms with Crippen LogP contribution in [0.25, 0.3) is 0 Å². The van der Waals surface area contributed by atoms with Crippen molar-refractivity contribution < 1.29 is 31.4 Å². The zero-order valence-corrected chi connectivity index (χ0v) is 24.0. The SMILES string of the molecule is CC(C)C[N+](C(=O)OCc1ccccc1)([C@@H](CCCCN)C(=O)OCc1ccccc1)S(=O)(=O)c1ccccc1. The van der Waals surface area contributed by atoms with Crippen LogP contribution in [0, 0.1) is 5.92 Å². The Hall–Kier alpha value is -3.53. The number of nitrogens with two attached hydrogens (primary N) is 1. The zero-order chi connectivity index (χ0) is 29.0. The second kappa shape index (κ2) is 14.7. The fourth-order valence-electron chi connectivity index (χ4n) is 4.65. The largest absolute Gasteiger partial charge is 0.533 e. The van der Waals surface area contributed by atoms with E-state index in [-0.39, 0.29) is 37.0 Å². The van der Waals surface area contributed by atoms with E-state index in [0.717, 1.165) is 5.56 Å². The minimum atomic E-state index is -4.49. The average Bonchev–Trinajstić information content (AvgIpc) is 2.97. The van der Waals surface area contributed by atoms with Crippen molar-refractivity contribution in [3.63, 3.8) is 0 Å². The van der Waals surface area contributed by atoms with Crippen molar-refractivity contribution in [3.8, 4) is 0 Å². The van der Waals surface area contributed by atoms with Gasteiger partial charge in [0, 0.05) is 12.3 Å². The van der Waals surface area contributed by atoms with Gasteiger partial charge in [0.15, 0.2) is 0 Å². The first-order valence-electron chi connectivity index (χ1n) is 13.5. The lowest BCUT2D eigenvalue weighted by atomic mass is 10.1. The summed E-state index contributed by atoms with van der Waals surface area (Å²) < 4.78 is 39.3. The number of hydrogen-bond donors (Lipinski definition) is 1. The lowest BCUT2D eigenvalue weighted by Crippen LogP contribution is -2.66. The van der Waals surface area contributed by atoms with E-state index in [9.17, 15) is 18.0 Å². The highest BCUT2D eigenvalue weighted by Gasteiger charge is 2.60. The fraction of sp³-hybridized carbons (Fsp3) is 0.355. The van der Waals surface area contributed by atoms with Gasteiger partial charge in [0.2, 0.25) is 6.04 Å². The molecular weight excluding hydrogens is 528 g/mol. The van der Waals surface area contributed by atoms with Gasteiger partial charge in [-0.15, -0.1) is 3.89 Å². The van der Waals surface area contributed by atoms with E-state index in [4.69, 9.17) is 15.2 Å². The molecule has 2 atom stereocenters. The van der Waals surface area contributed by atoms with Crippen molar-refractivity contribution >= 4 is 22.1 Å². The smallest absolute Gasteiger partial charge is 0.456 e. The number of carbonyl (C=O) groups excluding carboxylic acids is 2. The van der Waals surface area contributed by atoms with Crippen LogP contribution in [0.2, 0.25) is 0 Å². The molecule has 3 aromatic carbocycles. The fourth-order valence-corrected chi connectivity index (χ4v) is 6.80. The van der Waals surface area contributed by atoms with Crippen molar-refractivity contribution in [1.29, 1.82) is 0 Å². The van der Waals surface area contributed by atoms with Crippen LogP contribution in [0.3, 0.4) is 0 Å². The molecule has 0 aliphatic heterocycles. The van der Waals surface area contributed by atoms with Crippen molar-refractivity contribution in [2.24, 2.45) is 11.7 Å². The Morgan fingerprint density at radius 2 is 1.27 bits per heavy atom. The van der Waals surface area contributed by atoms with E-state index >= 15 is 0 Å². The molecule has 40 heavy (non-hydrogen) atoms. The summed E-state index contributed by atoms with van der Waals surface area (Å²) in [5.41, 5.74) is 7.18. The van der Waals surface area contributed by atoms with E-state index in [0.29, 0.717) is 24.9 Å². The third-order valence-electron chi connectivity index (χ3n) is 6.55. The topological polar surface area (TPSA) is 113 Å². The molecule has 0 saturated carbocycles. The number of benzene rings is 3. The van der Waals surface area contributed by atoms with Crippen molar-refractivity contribution in [2.75, 3.05) is 13.1 Å². The minimum absolute atomic E-state index is 0.0564. The maximum Gasteiger partial charge on any atom is 0.533 e. The van der Waals surface area contributed by atoms with Crippen LogP contribution in [-0.2, 0) is 37.5 Å². The highest BCUT2D eigenvalue weighted by Crippen LogP contribution is 2.35. The molecule has 9 heteroatoms. The summed E-state index contributed by atoms with van der Waals surface area (Å²) in [5.74, 6) is -1.07. The van der Waals surface area contributed by atoms with Crippen molar-refractivity contribution in [3.05, 3.63) is 102 Å². The van der Waals surface area contributed by atoms with Gasteiger partial charge < -0.3 is 15.2 Å². The summed E-state index contributed by atoms with van der Waals surface area (Å²) in [5, 5.41) is 0. The Morgan fingerprint density at radius 1 is 0.775 bits per heavy atom. The molecular formula is C31H39N2O6S+. The Bertz CT molecular complexity index is 1320. The van der Waals surface area contributed by atoms with E-state index in [1.54, 1.807) is 42.5 Å². The molecule has 0 fully saturated rings. The second-order valence-corrected chi connectivity index (χ2v) is 12.2. The number of hydrogen-bond acceptors (Lipinski definition) is 7. The number of nitrogens with zero attached hydrogens (tertiary/aromatic N) is 1. The molecule has 0 radical (unpaired) electrons. The Kier molecular flexibility index (Phi) is 11.4. The Labute approximate surface area is 237 Å². The van der Waals surface area contributed by atoms with Gasteiger partial charge >= 0.3 is 22.1 Å². The molecule has 0 heterocycles. The van der Waals surface area contributed by atoms with Gasteiger partial charge in [-0.2, -0.15) is 13.2 Å². The summed E-state index contributed by atoms with van der Waals surface area (Å²) in [4.78, 5) is 28.0. The third kappa shape index (κ3) is 7.56. The maximum absolute atomic E-state index is 14.5. The van der Waals surface area contributed by atoms with Gasteiger partial charge in [-0.3, -0.25) is 0 Å². The lowest BCUT2D eigenvalue weighted by molar-refractivity contribution is -0.756. The van der Waals surface area contributed by atoms with Crippen LogP contribution in [-0.4, -0.2) is 43.5 Å². The third-order valence-corrected chi connectivity index (χ3v) is 8.83. The van der Waals surface area contributed by atoms with Gasteiger partial charge in [-0.25, -0.2) is 4.79 Å². The van der Waals surface area contributed by atoms with Crippen molar-refractivity contribution in [1.82, 2.24) is 0 Å². The number of unbranched alkanes of at least 4 members (excludes halogenated alkanes) is 1. The Morgan fingerprint density at radius 3 is 1.77 bits per heavy atom. The summed E-state index contributed by atoms with van der Waals surface area (Å²) in [6, 6.07) is 24.5. The van der Waals surface area contributed by atoms with Crippen LogP contribution in [0.1, 0.15) is 44.2 Å². The summed E-state index contributed by atoms with van der Waals surface area (Å²) in [6.07, 6.45) is 0.0324. The van der Waals surface area contributed by atoms with Gasteiger partial charge in [0.25, 0.3) is 0 Å². The monoisotopic (exact) mass is 567 g/mol.